The highest BCUT2D eigenvalue weighted by Gasteiger charge is 2.48. The molecule has 1 fully saturated rings. The van der Waals surface area contributed by atoms with Gasteiger partial charge in [0.2, 0.25) is 11.5 Å². The third-order valence-electron chi connectivity index (χ3n) is 5.18. The van der Waals surface area contributed by atoms with Gasteiger partial charge in [-0.25, -0.2) is 4.98 Å². The first-order valence-electron chi connectivity index (χ1n) is 9.23. The van der Waals surface area contributed by atoms with E-state index in [1.807, 2.05) is 24.3 Å². The summed E-state index contributed by atoms with van der Waals surface area (Å²) in [7, 11) is 3.08. The first-order chi connectivity index (χ1) is 14.3. The number of rotatable bonds is 5. The lowest BCUT2D eigenvalue weighted by molar-refractivity contribution is -0.144. The van der Waals surface area contributed by atoms with Crippen LogP contribution in [0.15, 0.2) is 47.0 Å². The molecular formula is C21H20N4O5. The Morgan fingerprint density at radius 1 is 1.23 bits per heavy atom. The topological polar surface area (TPSA) is 132 Å². The number of nitrogens with two attached hydrogens (primary N) is 1. The number of benzene rings is 1. The number of likely N-dealkylation sites (tertiary alicyclic amines) is 1. The summed E-state index contributed by atoms with van der Waals surface area (Å²) in [6.07, 6.45) is 0.240. The van der Waals surface area contributed by atoms with Gasteiger partial charge in [0.1, 0.15) is 11.4 Å². The summed E-state index contributed by atoms with van der Waals surface area (Å²) in [5.41, 5.74) is 6.39. The summed E-state index contributed by atoms with van der Waals surface area (Å²) in [5, 5.41) is 14.8. The fourth-order valence-corrected chi connectivity index (χ4v) is 3.45. The molecule has 1 unspecified atom stereocenters. The number of primary amides is 1. The standard InChI is InChI=1S/C21H20N4O5/c1-25-7-6-21(28,20(25)27)17-11-15(24-30-17)13-5-3-4-12(8-13)14-9-16(19(22)26)23-18(10-14)29-2/h3-5,8-11,28H,6-7H2,1-2H3,(H2,22,26). The fourth-order valence-electron chi connectivity index (χ4n) is 3.45. The van der Waals surface area contributed by atoms with Crippen molar-refractivity contribution < 1.29 is 24.0 Å². The van der Waals surface area contributed by atoms with Crippen LogP contribution in [0.3, 0.4) is 0 Å². The van der Waals surface area contributed by atoms with Crippen LogP contribution in [0.5, 0.6) is 5.88 Å². The number of hydrogen-bond donors (Lipinski definition) is 2. The van der Waals surface area contributed by atoms with Crippen molar-refractivity contribution in [2.45, 2.75) is 12.0 Å². The minimum absolute atomic E-state index is 0.0876. The van der Waals surface area contributed by atoms with Crippen LogP contribution in [0, 0.1) is 0 Å². The molecule has 30 heavy (non-hydrogen) atoms. The first-order valence-corrected chi connectivity index (χ1v) is 9.23. The van der Waals surface area contributed by atoms with Gasteiger partial charge in [0.25, 0.3) is 11.8 Å². The number of carbonyl (C=O) groups is 2. The van der Waals surface area contributed by atoms with Gasteiger partial charge in [-0.2, -0.15) is 0 Å². The zero-order valence-electron chi connectivity index (χ0n) is 16.5. The van der Waals surface area contributed by atoms with Gasteiger partial charge in [-0.3, -0.25) is 9.59 Å². The Kier molecular flexibility index (Phi) is 4.75. The molecular weight excluding hydrogens is 388 g/mol. The van der Waals surface area contributed by atoms with E-state index >= 15 is 0 Å². The van der Waals surface area contributed by atoms with Crippen LogP contribution < -0.4 is 10.5 Å². The molecule has 3 aromatic rings. The summed E-state index contributed by atoms with van der Waals surface area (Å²) in [6, 6.07) is 12.2. The molecule has 154 valence electrons. The number of methoxy groups -OCH3 is 1. The van der Waals surface area contributed by atoms with Crippen LogP contribution >= 0.6 is 0 Å². The number of ether oxygens (including phenoxy) is 1. The lowest BCUT2D eigenvalue weighted by atomic mass is 9.97. The van der Waals surface area contributed by atoms with Crippen LogP contribution in [0.2, 0.25) is 0 Å². The molecule has 1 atom stereocenters. The Labute approximate surface area is 172 Å². The van der Waals surface area contributed by atoms with Crippen molar-refractivity contribution in [3.05, 3.63) is 53.9 Å². The molecule has 0 bridgehead atoms. The Morgan fingerprint density at radius 2 is 2.00 bits per heavy atom. The number of likely N-dealkylation sites (N-methyl/N-ethyl adjacent to an activating group) is 1. The average Bonchev–Trinajstić information content (AvgIpc) is 3.36. The lowest BCUT2D eigenvalue weighted by Crippen LogP contribution is -2.35. The highest BCUT2D eigenvalue weighted by atomic mass is 16.5. The molecule has 0 aliphatic carbocycles. The molecule has 9 heteroatoms. The predicted molar refractivity (Wildman–Crippen MR) is 106 cm³/mol. The smallest absolute Gasteiger partial charge is 0.267 e. The third-order valence-corrected chi connectivity index (χ3v) is 5.18. The lowest BCUT2D eigenvalue weighted by Gasteiger charge is -2.16. The van der Waals surface area contributed by atoms with E-state index in [0.717, 1.165) is 5.56 Å². The number of aliphatic hydroxyl groups is 1. The normalized spacial score (nSPS) is 18.6. The number of nitrogens with zero attached hydrogens (tertiary/aromatic N) is 3. The highest BCUT2D eigenvalue weighted by molar-refractivity contribution is 5.92. The minimum atomic E-state index is -1.70. The predicted octanol–water partition coefficient (Wildman–Crippen LogP) is 1.56. The van der Waals surface area contributed by atoms with E-state index < -0.39 is 17.4 Å². The molecule has 0 saturated carbocycles. The van der Waals surface area contributed by atoms with Gasteiger partial charge in [0.15, 0.2) is 5.76 Å². The van der Waals surface area contributed by atoms with Crippen LogP contribution in [-0.2, 0) is 10.4 Å². The van der Waals surface area contributed by atoms with E-state index in [2.05, 4.69) is 10.1 Å². The Morgan fingerprint density at radius 3 is 2.67 bits per heavy atom. The van der Waals surface area contributed by atoms with Gasteiger partial charge in [-0.1, -0.05) is 23.4 Å². The molecule has 1 aromatic carbocycles. The van der Waals surface area contributed by atoms with E-state index in [4.69, 9.17) is 15.0 Å². The number of aromatic nitrogens is 2. The number of pyridine rings is 1. The van der Waals surface area contributed by atoms with E-state index in [-0.39, 0.29) is 23.8 Å². The van der Waals surface area contributed by atoms with Crippen LogP contribution in [0.4, 0.5) is 0 Å². The van der Waals surface area contributed by atoms with Crippen molar-refractivity contribution in [3.63, 3.8) is 0 Å². The maximum atomic E-state index is 12.3. The third kappa shape index (κ3) is 3.29. The van der Waals surface area contributed by atoms with Crippen molar-refractivity contribution in [3.8, 4) is 28.3 Å². The van der Waals surface area contributed by atoms with E-state index in [9.17, 15) is 14.7 Å². The number of amides is 2. The minimum Gasteiger partial charge on any atom is -0.481 e. The molecule has 0 spiro atoms. The quantitative estimate of drug-likeness (QED) is 0.655. The number of hydrogen-bond acceptors (Lipinski definition) is 7. The summed E-state index contributed by atoms with van der Waals surface area (Å²) in [4.78, 5) is 29.4. The molecule has 3 N–H and O–H groups in total. The van der Waals surface area contributed by atoms with Crippen molar-refractivity contribution in [1.82, 2.24) is 15.0 Å². The second-order valence-corrected chi connectivity index (χ2v) is 7.14. The first kappa shape index (κ1) is 19.6. The zero-order valence-corrected chi connectivity index (χ0v) is 16.5. The summed E-state index contributed by atoms with van der Waals surface area (Å²) in [5.74, 6) is -0.700. The average molecular weight is 408 g/mol. The Hall–Kier alpha value is -3.72. The fraction of sp³-hybridized carbons (Fsp3) is 0.238. The molecule has 1 aliphatic heterocycles. The monoisotopic (exact) mass is 408 g/mol. The summed E-state index contributed by atoms with van der Waals surface area (Å²) < 4.78 is 10.5. The SMILES string of the molecule is COc1cc(-c2cccc(-c3cc(C4(O)CCN(C)C4=O)on3)c2)cc(C(N)=O)n1. The second kappa shape index (κ2) is 7.27. The van der Waals surface area contributed by atoms with Crippen LogP contribution in [-0.4, -0.2) is 52.7 Å². The molecule has 3 heterocycles. The molecule has 9 nitrogen and oxygen atoms in total. The maximum absolute atomic E-state index is 12.3. The molecule has 1 saturated heterocycles. The Balaban J connectivity index is 1.71. The van der Waals surface area contributed by atoms with Gasteiger partial charge in [-0.05, 0) is 23.3 Å². The van der Waals surface area contributed by atoms with Gasteiger partial charge in [0.05, 0.1) is 7.11 Å². The van der Waals surface area contributed by atoms with Crippen LogP contribution in [0.25, 0.3) is 22.4 Å². The molecule has 4 rings (SSSR count). The molecule has 2 amide bonds. The molecule has 0 radical (unpaired) electrons. The van der Waals surface area contributed by atoms with Crippen molar-refractivity contribution in [2.24, 2.45) is 5.73 Å². The van der Waals surface area contributed by atoms with Crippen molar-refractivity contribution >= 4 is 11.8 Å². The van der Waals surface area contributed by atoms with E-state index in [0.29, 0.717) is 23.4 Å². The largest absolute Gasteiger partial charge is 0.481 e. The molecule has 2 aromatic heterocycles. The van der Waals surface area contributed by atoms with Crippen molar-refractivity contribution in [1.29, 1.82) is 0 Å². The van der Waals surface area contributed by atoms with Gasteiger partial charge in [-0.15, -0.1) is 0 Å². The molecule has 1 aliphatic rings. The zero-order chi connectivity index (χ0) is 21.5. The second-order valence-electron chi connectivity index (χ2n) is 7.14. The van der Waals surface area contributed by atoms with Crippen LogP contribution in [0.1, 0.15) is 22.7 Å². The van der Waals surface area contributed by atoms with E-state index in [1.165, 1.54) is 12.0 Å². The maximum Gasteiger partial charge on any atom is 0.267 e. The van der Waals surface area contributed by atoms with E-state index in [1.54, 1.807) is 25.2 Å². The van der Waals surface area contributed by atoms with Gasteiger partial charge >= 0.3 is 0 Å². The number of carbonyl (C=O) groups excluding carboxylic acids is 2. The summed E-state index contributed by atoms with van der Waals surface area (Å²) >= 11 is 0. The summed E-state index contributed by atoms with van der Waals surface area (Å²) in [6.45, 7) is 0.437. The Bertz CT molecular complexity index is 1140. The van der Waals surface area contributed by atoms with Gasteiger partial charge in [0, 0.05) is 37.7 Å². The van der Waals surface area contributed by atoms with Gasteiger partial charge < -0.3 is 25.0 Å². The highest BCUT2D eigenvalue weighted by Crippen LogP contribution is 2.35. The van der Waals surface area contributed by atoms with Crippen molar-refractivity contribution in [2.75, 3.05) is 20.7 Å².